The van der Waals surface area contributed by atoms with Gasteiger partial charge in [0.2, 0.25) is 5.91 Å². The van der Waals surface area contributed by atoms with Gasteiger partial charge in [-0.05, 0) is 49.4 Å². The van der Waals surface area contributed by atoms with Crippen LogP contribution in [0.5, 0.6) is 0 Å². The van der Waals surface area contributed by atoms with Crippen molar-refractivity contribution in [1.29, 1.82) is 0 Å². The van der Waals surface area contributed by atoms with E-state index in [4.69, 9.17) is 0 Å². The molecule has 3 nitrogen and oxygen atoms in total. The predicted octanol–water partition coefficient (Wildman–Crippen LogP) is 2.99. The first-order valence-corrected chi connectivity index (χ1v) is 8.69. The Morgan fingerprint density at radius 2 is 2.05 bits per heavy atom. The molecule has 2 unspecified atom stereocenters. The number of nitrogens with one attached hydrogen (secondary N) is 2. The molecule has 1 aromatic rings. The highest BCUT2D eigenvalue weighted by atomic mass is 79.9. The highest BCUT2D eigenvalue weighted by Crippen LogP contribution is 2.44. The summed E-state index contributed by atoms with van der Waals surface area (Å²) in [4.78, 5) is 12.9. The molecule has 2 fully saturated rings. The highest BCUT2D eigenvalue weighted by Gasteiger charge is 2.46. The predicted molar refractivity (Wildman–Crippen MR) is 88.3 cm³/mol. The molecular weight excluding hydrogens is 328 g/mol. The molecule has 0 spiro atoms. The second kappa shape index (κ2) is 6.09. The van der Waals surface area contributed by atoms with Gasteiger partial charge < -0.3 is 10.6 Å². The van der Waals surface area contributed by atoms with Gasteiger partial charge in [0.15, 0.2) is 0 Å². The van der Waals surface area contributed by atoms with E-state index in [1.807, 2.05) is 12.1 Å². The van der Waals surface area contributed by atoms with Crippen LogP contribution >= 0.6 is 15.9 Å². The number of hydrogen-bond acceptors (Lipinski definition) is 2. The van der Waals surface area contributed by atoms with Crippen molar-refractivity contribution < 1.29 is 4.79 Å². The van der Waals surface area contributed by atoms with E-state index in [1.54, 1.807) is 0 Å². The summed E-state index contributed by atoms with van der Waals surface area (Å²) in [6, 6.07) is 8.51. The molecule has 2 N–H and O–H groups in total. The lowest BCUT2D eigenvalue weighted by Gasteiger charge is -2.43. The van der Waals surface area contributed by atoms with Gasteiger partial charge >= 0.3 is 0 Å². The van der Waals surface area contributed by atoms with Crippen molar-refractivity contribution in [2.24, 2.45) is 5.92 Å². The molecule has 1 aliphatic carbocycles. The lowest BCUT2D eigenvalue weighted by atomic mass is 9.63. The summed E-state index contributed by atoms with van der Waals surface area (Å²) in [7, 11) is 0. The van der Waals surface area contributed by atoms with Crippen LogP contribution in [0.2, 0.25) is 0 Å². The van der Waals surface area contributed by atoms with Crippen molar-refractivity contribution in [3.8, 4) is 0 Å². The third-order valence-electron chi connectivity index (χ3n) is 5.18. The van der Waals surface area contributed by atoms with Crippen molar-refractivity contribution >= 4 is 21.8 Å². The van der Waals surface area contributed by atoms with Crippen LogP contribution in [0.1, 0.15) is 38.2 Å². The Balaban J connectivity index is 1.76. The summed E-state index contributed by atoms with van der Waals surface area (Å²) in [6.07, 6.45) is 4.21. The molecule has 2 aliphatic rings. The van der Waals surface area contributed by atoms with E-state index in [0.717, 1.165) is 48.8 Å². The zero-order chi connectivity index (χ0) is 14.9. The Labute approximate surface area is 135 Å². The molecule has 1 aromatic carbocycles. The van der Waals surface area contributed by atoms with Gasteiger partial charge in [-0.25, -0.2) is 0 Å². The fourth-order valence-corrected chi connectivity index (χ4v) is 3.70. The minimum atomic E-state index is -0.294. The number of carbonyl (C=O) groups is 1. The monoisotopic (exact) mass is 350 g/mol. The maximum atomic E-state index is 12.9. The fourth-order valence-electron chi connectivity index (χ4n) is 3.44. The van der Waals surface area contributed by atoms with Gasteiger partial charge in [-0.15, -0.1) is 0 Å². The van der Waals surface area contributed by atoms with Crippen LogP contribution in [-0.2, 0) is 10.2 Å². The smallest absolute Gasteiger partial charge is 0.230 e. The Kier molecular flexibility index (Phi) is 4.36. The van der Waals surface area contributed by atoms with E-state index < -0.39 is 0 Å². The van der Waals surface area contributed by atoms with E-state index in [9.17, 15) is 4.79 Å². The third-order valence-corrected chi connectivity index (χ3v) is 5.71. The van der Waals surface area contributed by atoms with E-state index in [1.165, 1.54) is 0 Å². The molecule has 1 aliphatic heterocycles. The molecule has 21 heavy (non-hydrogen) atoms. The van der Waals surface area contributed by atoms with Crippen molar-refractivity contribution in [3.05, 3.63) is 34.3 Å². The molecule has 4 heteroatoms. The maximum absolute atomic E-state index is 12.9. The Bertz CT molecular complexity index is 510. The van der Waals surface area contributed by atoms with Crippen molar-refractivity contribution in [1.82, 2.24) is 10.6 Å². The third kappa shape index (κ3) is 2.88. The van der Waals surface area contributed by atoms with Crippen molar-refractivity contribution in [2.45, 2.75) is 44.1 Å². The first-order chi connectivity index (χ1) is 10.1. The van der Waals surface area contributed by atoms with Crippen LogP contribution in [0.3, 0.4) is 0 Å². The van der Waals surface area contributed by atoms with Gasteiger partial charge in [-0.3, -0.25) is 4.79 Å². The van der Waals surface area contributed by atoms with E-state index >= 15 is 0 Å². The second-order valence-corrected chi connectivity index (χ2v) is 7.41. The quantitative estimate of drug-likeness (QED) is 0.879. The van der Waals surface area contributed by atoms with Crippen LogP contribution in [0.15, 0.2) is 28.7 Å². The van der Waals surface area contributed by atoms with Gasteiger partial charge in [0.25, 0.3) is 0 Å². The molecule has 0 radical (unpaired) electrons. The molecule has 1 amide bonds. The number of rotatable bonds is 3. The summed E-state index contributed by atoms with van der Waals surface area (Å²) in [6.45, 7) is 4.19. The minimum absolute atomic E-state index is 0.219. The first kappa shape index (κ1) is 15.0. The highest BCUT2D eigenvalue weighted by molar-refractivity contribution is 9.10. The minimum Gasteiger partial charge on any atom is -0.351 e. The maximum Gasteiger partial charge on any atom is 0.230 e. The zero-order valence-corrected chi connectivity index (χ0v) is 14.1. The SMILES string of the molecule is CC1CCNCC1NC(=O)C1(c2ccc(Br)cc2)CCC1. The van der Waals surface area contributed by atoms with E-state index in [-0.39, 0.29) is 17.4 Å². The number of hydrogen-bond donors (Lipinski definition) is 2. The molecule has 2 atom stereocenters. The summed E-state index contributed by atoms with van der Waals surface area (Å²) < 4.78 is 1.06. The fraction of sp³-hybridized carbons (Fsp3) is 0.588. The van der Waals surface area contributed by atoms with Crippen LogP contribution in [0.25, 0.3) is 0 Å². The largest absolute Gasteiger partial charge is 0.351 e. The summed E-state index contributed by atoms with van der Waals surface area (Å²) in [5, 5.41) is 6.70. The molecule has 1 saturated carbocycles. The van der Waals surface area contributed by atoms with Gasteiger partial charge in [-0.2, -0.15) is 0 Å². The van der Waals surface area contributed by atoms with Crippen LogP contribution in [-0.4, -0.2) is 25.0 Å². The second-order valence-electron chi connectivity index (χ2n) is 6.49. The van der Waals surface area contributed by atoms with Gasteiger partial charge in [0, 0.05) is 17.1 Å². The Morgan fingerprint density at radius 1 is 1.33 bits per heavy atom. The lowest BCUT2D eigenvalue weighted by molar-refractivity contribution is -0.131. The van der Waals surface area contributed by atoms with Gasteiger partial charge in [0.05, 0.1) is 5.41 Å². The van der Waals surface area contributed by atoms with E-state index in [0.29, 0.717) is 5.92 Å². The summed E-state index contributed by atoms with van der Waals surface area (Å²) >= 11 is 3.47. The number of carbonyl (C=O) groups excluding carboxylic acids is 1. The van der Waals surface area contributed by atoms with Crippen LogP contribution in [0.4, 0.5) is 0 Å². The summed E-state index contributed by atoms with van der Waals surface area (Å²) in [5.74, 6) is 0.772. The van der Waals surface area contributed by atoms with Gasteiger partial charge in [-0.1, -0.05) is 41.4 Å². The Hall–Kier alpha value is -0.870. The first-order valence-electron chi connectivity index (χ1n) is 7.89. The van der Waals surface area contributed by atoms with Crippen molar-refractivity contribution in [2.75, 3.05) is 13.1 Å². The normalized spacial score (nSPS) is 27.7. The molecule has 1 heterocycles. The lowest BCUT2D eigenvalue weighted by Crippen LogP contribution is -2.57. The number of amides is 1. The zero-order valence-electron chi connectivity index (χ0n) is 12.5. The Morgan fingerprint density at radius 3 is 2.62 bits per heavy atom. The number of halogens is 1. The summed E-state index contributed by atoms with van der Waals surface area (Å²) in [5.41, 5.74) is 0.864. The average molecular weight is 351 g/mol. The topological polar surface area (TPSA) is 41.1 Å². The van der Waals surface area contributed by atoms with Crippen molar-refractivity contribution in [3.63, 3.8) is 0 Å². The van der Waals surface area contributed by atoms with Gasteiger partial charge in [0.1, 0.15) is 0 Å². The number of benzene rings is 1. The average Bonchev–Trinajstić information content (AvgIpc) is 2.42. The van der Waals surface area contributed by atoms with Crippen LogP contribution < -0.4 is 10.6 Å². The standard InChI is InChI=1S/C17H23BrN2O/c1-12-7-10-19-11-15(12)20-16(21)17(8-2-9-17)13-3-5-14(18)6-4-13/h3-6,12,15,19H,2,7-11H2,1H3,(H,20,21). The molecule has 0 bridgehead atoms. The number of piperidine rings is 1. The molecule has 0 aromatic heterocycles. The molecule has 3 rings (SSSR count). The molecular formula is C17H23BrN2O. The van der Waals surface area contributed by atoms with E-state index in [2.05, 4.69) is 45.6 Å². The van der Waals surface area contributed by atoms with Crippen LogP contribution in [0, 0.1) is 5.92 Å². The molecule has 114 valence electrons. The molecule has 1 saturated heterocycles.